The Morgan fingerprint density at radius 2 is 1.70 bits per heavy atom. The molecule has 0 unspecified atom stereocenters. The molecule has 0 saturated carbocycles. The molecule has 2 aromatic heterocycles. The minimum absolute atomic E-state index is 0.163. The van der Waals surface area contributed by atoms with Crippen molar-refractivity contribution in [2.24, 2.45) is 0 Å². The number of nitrogens with zero attached hydrogens (tertiary/aromatic N) is 2. The van der Waals surface area contributed by atoms with Gasteiger partial charge in [0.1, 0.15) is 5.69 Å². The Bertz CT molecular complexity index is 1200. The third kappa shape index (κ3) is 4.26. The zero-order valence-electron chi connectivity index (χ0n) is 15.9. The van der Waals surface area contributed by atoms with Gasteiger partial charge in [-0.15, -0.1) is 0 Å². The lowest BCUT2D eigenvalue weighted by molar-refractivity contribution is -0.114. The normalized spacial score (nSPS) is 10.6. The van der Waals surface area contributed by atoms with E-state index in [1.54, 1.807) is 65.5 Å². The number of halogens is 1. The Kier molecular flexibility index (Phi) is 5.36. The van der Waals surface area contributed by atoms with Gasteiger partial charge in [-0.25, -0.2) is 4.68 Å². The third-order valence-electron chi connectivity index (χ3n) is 4.23. The van der Waals surface area contributed by atoms with Crippen LogP contribution < -0.4 is 10.6 Å². The minimum atomic E-state index is -0.379. The van der Waals surface area contributed by atoms with E-state index in [-0.39, 0.29) is 17.5 Å². The molecule has 30 heavy (non-hydrogen) atoms. The van der Waals surface area contributed by atoms with Crippen molar-refractivity contribution >= 4 is 34.8 Å². The van der Waals surface area contributed by atoms with Crippen LogP contribution in [0.2, 0.25) is 5.02 Å². The van der Waals surface area contributed by atoms with E-state index in [9.17, 15) is 9.59 Å². The van der Waals surface area contributed by atoms with Crippen molar-refractivity contribution in [3.63, 3.8) is 0 Å². The zero-order chi connectivity index (χ0) is 21.1. The molecule has 0 fully saturated rings. The summed E-state index contributed by atoms with van der Waals surface area (Å²) in [6.07, 6.45) is 1.56. The van der Waals surface area contributed by atoms with Crippen molar-refractivity contribution in [2.45, 2.75) is 6.92 Å². The Morgan fingerprint density at radius 1 is 0.967 bits per heavy atom. The van der Waals surface area contributed by atoms with E-state index in [1.165, 1.54) is 6.92 Å². The quantitative estimate of drug-likeness (QED) is 0.475. The molecule has 7 nitrogen and oxygen atoms in total. The van der Waals surface area contributed by atoms with Crippen LogP contribution in [-0.4, -0.2) is 21.6 Å². The van der Waals surface area contributed by atoms with E-state index >= 15 is 0 Å². The molecule has 0 bridgehead atoms. The molecule has 4 aromatic rings. The maximum atomic E-state index is 12.8. The molecule has 2 aromatic carbocycles. The minimum Gasteiger partial charge on any atom is -0.463 e. The standard InChI is InChI=1S/C22H17ClN4O3/c1-14(28)24-16-7-9-17(10-8-16)25-22(29)19-13-20(21-6-3-11-30-21)27(26-19)18-5-2-4-15(23)12-18/h2-13H,1H3,(H,24,28)(H,25,29). The molecule has 150 valence electrons. The first-order chi connectivity index (χ1) is 14.5. The van der Waals surface area contributed by atoms with Crippen molar-refractivity contribution < 1.29 is 14.0 Å². The van der Waals surface area contributed by atoms with Gasteiger partial charge in [-0.05, 0) is 54.6 Å². The second kappa shape index (κ2) is 8.26. The lowest BCUT2D eigenvalue weighted by Gasteiger charge is -2.06. The number of carbonyl (C=O) groups excluding carboxylic acids is 2. The van der Waals surface area contributed by atoms with Gasteiger partial charge in [-0.1, -0.05) is 17.7 Å². The fourth-order valence-electron chi connectivity index (χ4n) is 2.93. The van der Waals surface area contributed by atoms with Crippen LogP contribution in [0.3, 0.4) is 0 Å². The van der Waals surface area contributed by atoms with Crippen molar-refractivity contribution in [3.8, 4) is 17.1 Å². The number of furan rings is 1. The molecule has 0 aliphatic rings. The highest BCUT2D eigenvalue weighted by atomic mass is 35.5. The highest BCUT2D eigenvalue weighted by molar-refractivity contribution is 6.30. The lowest BCUT2D eigenvalue weighted by Crippen LogP contribution is -2.13. The van der Waals surface area contributed by atoms with Crippen molar-refractivity contribution in [3.05, 3.63) is 83.7 Å². The van der Waals surface area contributed by atoms with Crippen LogP contribution in [0.15, 0.2) is 77.4 Å². The van der Waals surface area contributed by atoms with Gasteiger partial charge in [0, 0.05) is 29.4 Å². The molecule has 0 radical (unpaired) electrons. The second-order valence-corrected chi connectivity index (χ2v) is 6.93. The molecule has 2 N–H and O–H groups in total. The SMILES string of the molecule is CC(=O)Nc1ccc(NC(=O)c2cc(-c3ccco3)n(-c3cccc(Cl)c3)n2)cc1. The summed E-state index contributed by atoms with van der Waals surface area (Å²) in [6, 6.07) is 19.2. The van der Waals surface area contributed by atoms with Crippen molar-refractivity contribution in [1.82, 2.24) is 9.78 Å². The van der Waals surface area contributed by atoms with Gasteiger partial charge in [-0.3, -0.25) is 9.59 Å². The molecular formula is C22H17ClN4O3. The maximum Gasteiger partial charge on any atom is 0.276 e. The van der Waals surface area contributed by atoms with E-state index in [0.717, 1.165) is 0 Å². The van der Waals surface area contributed by atoms with Gasteiger partial charge in [0.05, 0.1) is 12.0 Å². The topological polar surface area (TPSA) is 89.2 Å². The highest BCUT2D eigenvalue weighted by Gasteiger charge is 2.18. The number of nitrogens with one attached hydrogen (secondary N) is 2. The molecule has 0 spiro atoms. The Balaban J connectivity index is 1.63. The number of amides is 2. The Hall–Kier alpha value is -3.84. The van der Waals surface area contributed by atoms with Gasteiger partial charge in [0.15, 0.2) is 11.5 Å². The average molecular weight is 421 g/mol. The van der Waals surface area contributed by atoms with E-state index in [4.69, 9.17) is 16.0 Å². The fourth-order valence-corrected chi connectivity index (χ4v) is 3.12. The van der Waals surface area contributed by atoms with Gasteiger partial charge in [0.2, 0.25) is 5.91 Å². The summed E-state index contributed by atoms with van der Waals surface area (Å²) in [5.74, 6) is 0.0286. The van der Waals surface area contributed by atoms with Crippen molar-refractivity contribution in [2.75, 3.05) is 10.6 Å². The van der Waals surface area contributed by atoms with E-state index < -0.39 is 0 Å². The molecule has 0 saturated heterocycles. The summed E-state index contributed by atoms with van der Waals surface area (Å²) >= 11 is 6.12. The largest absolute Gasteiger partial charge is 0.463 e. The highest BCUT2D eigenvalue weighted by Crippen LogP contribution is 2.26. The smallest absolute Gasteiger partial charge is 0.276 e. The number of hydrogen-bond acceptors (Lipinski definition) is 4. The number of carbonyl (C=O) groups is 2. The number of anilines is 2. The van der Waals surface area contributed by atoms with E-state index in [2.05, 4.69) is 15.7 Å². The first kappa shape index (κ1) is 19.5. The lowest BCUT2D eigenvalue weighted by atomic mass is 10.2. The molecule has 2 heterocycles. The van der Waals surface area contributed by atoms with E-state index in [0.29, 0.717) is 33.5 Å². The zero-order valence-corrected chi connectivity index (χ0v) is 16.7. The summed E-state index contributed by atoms with van der Waals surface area (Å²) in [4.78, 5) is 23.9. The monoisotopic (exact) mass is 420 g/mol. The summed E-state index contributed by atoms with van der Waals surface area (Å²) < 4.78 is 7.12. The Morgan fingerprint density at radius 3 is 2.33 bits per heavy atom. The first-order valence-corrected chi connectivity index (χ1v) is 9.46. The van der Waals surface area contributed by atoms with Gasteiger partial charge >= 0.3 is 0 Å². The third-order valence-corrected chi connectivity index (χ3v) is 4.47. The van der Waals surface area contributed by atoms with Crippen LogP contribution in [0.4, 0.5) is 11.4 Å². The van der Waals surface area contributed by atoms with Gasteiger partial charge in [-0.2, -0.15) is 5.10 Å². The molecule has 4 rings (SSSR count). The number of benzene rings is 2. The maximum absolute atomic E-state index is 12.8. The van der Waals surface area contributed by atoms with Crippen LogP contribution in [0.25, 0.3) is 17.1 Å². The molecule has 0 aliphatic heterocycles. The predicted molar refractivity (Wildman–Crippen MR) is 115 cm³/mol. The average Bonchev–Trinajstić information content (AvgIpc) is 3.39. The molecule has 0 aliphatic carbocycles. The van der Waals surface area contributed by atoms with E-state index in [1.807, 2.05) is 12.1 Å². The first-order valence-electron chi connectivity index (χ1n) is 9.08. The van der Waals surface area contributed by atoms with Crippen LogP contribution in [0, 0.1) is 0 Å². The van der Waals surface area contributed by atoms with Crippen LogP contribution >= 0.6 is 11.6 Å². The van der Waals surface area contributed by atoms with Crippen LogP contribution in [-0.2, 0) is 4.79 Å². The van der Waals surface area contributed by atoms with Crippen LogP contribution in [0.1, 0.15) is 17.4 Å². The molecule has 0 atom stereocenters. The second-order valence-electron chi connectivity index (χ2n) is 6.50. The summed E-state index contributed by atoms with van der Waals surface area (Å²) in [6.45, 7) is 1.43. The van der Waals surface area contributed by atoms with Gasteiger partial charge in [0.25, 0.3) is 5.91 Å². The number of hydrogen-bond donors (Lipinski definition) is 2. The number of rotatable bonds is 5. The Labute approximate surface area is 177 Å². The van der Waals surface area contributed by atoms with Gasteiger partial charge < -0.3 is 15.1 Å². The van der Waals surface area contributed by atoms with Crippen LogP contribution in [0.5, 0.6) is 0 Å². The number of aromatic nitrogens is 2. The fraction of sp³-hybridized carbons (Fsp3) is 0.0455. The molecule has 2 amide bonds. The summed E-state index contributed by atoms with van der Waals surface area (Å²) in [5.41, 5.74) is 2.75. The van der Waals surface area contributed by atoms with Crippen molar-refractivity contribution in [1.29, 1.82) is 0 Å². The molecule has 8 heteroatoms. The molecular weight excluding hydrogens is 404 g/mol. The summed E-state index contributed by atoms with van der Waals surface area (Å²) in [5, 5.41) is 10.5. The summed E-state index contributed by atoms with van der Waals surface area (Å²) in [7, 11) is 0. The predicted octanol–water partition coefficient (Wildman–Crippen LogP) is 5.00.